The number of halogens is 6. The number of nitrogens with one attached hydrogen (secondary N) is 3. The van der Waals surface area contributed by atoms with E-state index in [4.69, 9.17) is 10.7 Å². The van der Waals surface area contributed by atoms with Crippen molar-refractivity contribution in [2.45, 2.75) is 71.9 Å². The number of nitrogens with two attached hydrogens (primary N) is 1. The van der Waals surface area contributed by atoms with Crippen molar-refractivity contribution < 1.29 is 26.3 Å². The molecule has 13 nitrogen and oxygen atoms in total. The average molecular weight is 924 g/mol. The molecule has 7 aromatic rings. The van der Waals surface area contributed by atoms with Crippen molar-refractivity contribution in [3.05, 3.63) is 130 Å². The van der Waals surface area contributed by atoms with E-state index in [1.807, 2.05) is 50.2 Å². The van der Waals surface area contributed by atoms with Gasteiger partial charge in [0.1, 0.15) is 18.2 Å². The molecule has 0 aliphatic carbocycles. The largest absolute Gasteiger partial charge is 0.416 e. The first kappa shape index (κ1) is 45.4. The van der Waals surface area contributed by atoms with E-state index in [2.05, 4.69) is 62.7 Å². The van der Waals surface area contributed by atoms with Gasteiger partial charge in [0, 0.05) is 71.3 Å². The number of alkyl halides is 6. The number of rotatable bonds is 10. The first-order valence-corrected chi connectivity index (χ1v) is 22.1. The Bertz CT molecular complexity index is 2970. The van der Waals surface area contributed by atoms with Crippen molar-refractivity contribution in [1.29, 1.82) is 0 Å². The summed E-state index contributed by atoms with van der Waals surface area (Å²) in [5.74, 6) is 1.62. The molecule has 19 heteroatoms. The Balaban J connectivity index is 1.14. The Labute approximate surface area is 383 Å². The summed E-state index contributed by atoms with van der Waals surface area (Å²) < 4.78 is 87.8. The molecule has 2 aliphatic heterocycles. The van der Waals surface area contributed by atoms with Gasteiger partial charge >= 0.3 is 12.4 Å². The summed E-state index contributed by atoms with van der Waals surface area (Å²) in [6.45, 7) is 12.2. The van der Waals surface area contributed by atoms with Gasteiger partial charge in [-0.25, -0.2) is 4.98 Å². The molecule has 0 bridgehead atoms. The molecule has 4 aromatic carbocycles. The summed E-state index contributed by atoms with van der Waals surface area (Å²) in [6.07, 6.45) is -8.82. The molecule has 0 saturated carbocycles. The van der Waals surface area contributed by atoms with Crippen molar-refractivity contribution in [2.75, 3.05) is 65.5 Å². The lowest BCUT2D eigenvalue weighted by atomic mass is 9.99. The highest BCUT2D eigenvalue weighted by Gasteiger charge is 2.35. The zero-order valence-electron chi connectivity index (χ0n) is 37.7. The number of aryl methyl sites for hydroxylation is 1. The second-order valence-electron chi connectivity index (χ2n) is 17.4. The topological polar surface area (TPSA) is 141 Å². The maximum Gasteiger partial charge on any atom is 0.416 e. The zero-order chi connectivity index (χ0) is 47.4. The van der Waals surface area contributed by atoms with Crippen LogP contribution in [-0.4, -0.2) is 74.6 Å². The van der Waals surface area contributed by atoms with Crippen molar-refractivity contribution in [1.82, 2.24) is 34.8 Å². The Morgan fingerprint density at radius 2 is 1.24 bits per heavy atom. The third kappa shape index (κ3) is 9.09. The maximum atomic E-state index is 14.5. The van der Waals surface area contributed by atoms with E-state index in [0.717, 1.165) is 78.7 Å². The molecule has 0 unspecified atom stereocenters. The fourth-order valence-corrected chi connectivity index (χ4v) is 9.32. The third-order valence-corrected chi connectivity index (χ3v) is 13.2. The van der Waals surface area contributed by atoms with Crippen LogP contribution >= 0.6 is 0 Å². The van der Waals surface area contributed by atoms with Gasteiger partial charge in [-0.2, -0.15) is 31.4 Å². The molecule has 0 amide bonds. The predicted octanol–water partition coefficient (Wildman–Crippen LogP) is 9.50. The van der Waals surface area contributed by atoms with Gasteiger partial charge in [-0.05, 0) is 112 Å². The number of benzene rings is 4. The lowest BCUT2D eigenvalue weighted by Gasteiger charge is -2.31. The van der Waals surface area contributed by atoms with E-state index in [1.165, 1.54) is 32.0 Å². The van der Waals surface area contributed by atoms with Gasteiger partial charge in [0.25, 0.3) is 0 Å². The number of nitrogens with zero attached hydrogens (tertiary/aromatic N) is 9. The molecule has 2 atom stereocenters. The van der Waals surface area contributed by atoms with Crippen LogP contribution in [0.15, 0.2) is 79.0 Å². The van der Waals surface area contributed by atoms with Crippen LogP contribution in [0, 0.1) is 27.7 Å². The molecule has 67 heavy (non-hydrogen) atoms. The monoisotopic (exact) mass is 923 g/mol. The van der Waals surface area contributed by atoms with Gasteiger partial charge in [0.2, 0.25) is 0 Å². The lowest BCUT2D eigenvalue weighted by molar-refractivity contribution is -0.138. The maximum absolute atomic E-state index is 14.5. The normalized spacial score (nSPS) is 15.9. The SMILES string of the molecule is Cc1nc2n(c1C)CCN(c1ccc3c(N[C@@H](Nc4nncc5ccc(N6CCCN(C)CC6)cc45)c4cccc(C(F)(F)F)c4C)nnc(N[C@H](N)c4cccc(C(F)(F)F)c4C)c3c1)C2. The molecule has 1 fully saturated rings. The number of imidazole rings is 1. The third-order valence-electron chi connectivity index (χ3n) is 13.2. The van der Waals surface area contributed by atoms with Crippen LogP contribution in [0.2, 0.25) is 0 Å². The number of anilines is 5. The van der Waals surface area contributed by atoms with Crippen LogP contribution in [0.5, 0.6) is 0 Å². The minimum atomic E-state index is -4.64. The number of hydrogen-bond donors (Lipinski definition) is 4. The fourth-order valence-electron chi connectivity index (χ4n) is 9.32. The van der Waals surface area contributed by atoms with E-state index < -0.39 is 35.8 Å². The summed E-state index contributed by atoms with van der Waals surface area (Å²) in [4.78, 5) is 11.6. The van der Waals surface area contributed by atoms with Crippen molar-refractivity contribution in [3.63, 3.8) is 0 Å². The van der Waals surface area contributed by atoms with E-state index >= 15 is 0 Å². The molecule has 5 N–H and O–H groups in total. The quantitative estimate of drug-likeness (QED) is 0.0767. The van der Waals surface area contributed by atoms with Gasteiger partial charge < -0.3 is 41.0 Å². The summed E-state index contributed by atoms with van der Waals surface area (Å²) >= 11 is 0. The van der Waals surface area contributed by atoms with Crippen LogP contribution in [0.25, 0.3) is 21.5 Å². The molecule has 3 aromatic heterocycles. The molecule has 0 spiro atoms. The lowest BCUT2D eigenvalue weighted by Crippen LogP contribution is -2.34. The van der Waals surface area contributed by atoms with Gasteiger partial charge in [-0.3, -0.25) is 0 Å². The molecule has 2 aliphatic rings. The number of hydrogen-bond acceptors (Lipinski definition) is 12. The Hall–Kier alpha value is -6.73. The van der Waals surface area contributed by atoms with Crippen LogP contribution < -0.4 is 31.5 Å². The Kier molecular flexibility index (Phi) is 12.1. The standard InChI is InChI=1S/C48H51F6N13/c1-27-34(9-6-11-39(27)47(49,50)51)42(55)58-46-38-24-33(66-21-22-67-30(4)29(3)57-41(67)26-66)15-16-36(38)44(62-63-46)59-43(35-10-7-12-40(28(35)2)48(52,53)54)60-45-37-23-32(14-13-31(37)25-56-61-45)65-18-8-17-64(5)19-20-65/h6-7,9-16,23-25,42-43H,8,17-22,26,55H2,1-5H3,(H,58,63)(H,59,62)(H,60,61)/t42-,43-/m0/s1. The Morgan fingerprint density at radius 1 is 0.627 bits per heavy atom. The second-order valence-corrected chi connectivity index (χ2v) is 17.4. The van der Waals surface area contributed by atoms with E-state index in [9.17, 15) is 26.3 Å². The van der Waals surface area contributed by atoms with Gasteiger partial charge in [-0.15, -0.1) is 15.3 Å². The highest BCUT2D eigenvalue weighted by molar-refractivity contribution is 6.00. The molecular formula is C48H51F6N13. The van der Waals surface area contributed by atoms with Gasteiger partial charge in [0.05, 0.1) is 29.6 Å². The zero-order valence-corrected chi connectivity index (χ0v) is 37.7. The predicted molar refractivity (Wildman–Crippen MR) is 249 cm³/mol. The molecule has 1 saturated heterocycles. The average Bonchev–Trinajstić information content (AvgIpc) is 3.41. The second kappa shape index (κ2) is 17.8. The van der Waals surface area contributed by atoms with Crippen LogP contribution in [0.1, 0.15) is 69.3 Å². The van der Waals surface area contributed by atoms with Crippen molar-refractivity contribution in [3.8, 4) is 0 Å². The van der Waals surface area contributed by atoms with Gasteiger partial charge in [0.15, 0.2) is 17.5 Å². The van der Waals surface area contributed by atoms with Crippen molar-refractivity contribution >= 4 is 50.4 Å². The highest BCUT2D eigenvalue weighted by atomic mass is 19.4. The van der Waals surface area contributed by atoms with Crippen LogP contribution in [0.3, 0.4) is 0 Å². The number of likely N-dealkylation sites (N-methyl/N-ethyl adjacent to an activating group) is 1. The molecule has 350 valence electrons. The Morgan fingerprint density at radius 3 is 1.96 bits per heavy atom. The van der Waals surface area contributed by atoms with Crippen molar-refractivity contribution in [2.24, 2.45) is 5.73 Å². The summed E-state index contributed by atoms with van der Waals surface area (Å²) in [5.41, 5.74) is 9.31. The first-order chi connectivity index (χ1) is 31.9. The fraction of sp³-hybridized carbons (Fsp3) is 0.354. The van der Waals surface area contributed by atoms with Crippen LogP contribution in [0.4, 0.5) is 55.2 Å². The van der Waals surface area contributed by atoms with E-state index in [1.54, 1.807) is 12.3 Å². The summed E-state index contributed by atoms with van der Waals surface area (Å²) in [5, 5.41) is 30.3. The molecule has 0 radical (unpaired) electrons. The number of fused-ring (bicyclic) bond motifs is 3. The summed E-state index contributed by atoms with van der Waals surface area (Å²) in [6, 6.07) is 19.5. The van der Waals surface area contributed by atoms with Crippen LogP contribution in [-0.2, 0) is 25.4 Å². The van der Waals surface area contributed by atoms with E-state index in [0.29, 0.717) is 41.6 Å². The molecule has 9 rings (SSSR count). The first-order valence-electron chi connectivity index (χ1n) is 22.1. The minimum absolute atomic E-state index is 0.0169. The number of aromatic nitrogens is 6. The smallest absolute Gasteiger partial charge is 0.370 e. The minimum Gasteiger partial charge on any atom is -0.370 e. The van der Waals surface area contributed by atoms with E-state index in [-0.39, 0.29) is 33.9 Å². The highest BCUT2D eigenvalue weighted by Crippen LogP contribution is 2.40. The molecule has 5 heterocycles. The molecular weight excluding hydrogens is 873 g/mol. The summed E-state index contributed by atoms with van der Waals surface area (Å²) in [7, 11) is 2.10. The van der Waals surface area contributed by atoms with Gasteiger partial charge in [-0.1, -0.05) is 30.3 Å².